The monoisotopic (exact) mass is 233 g/mol. The zero-order chi connectivity index (χ0) is 12.6. The van der Waals surface area contributed by atoms with Gasteiger partial charge in [-0.2, -0.15) is 0 Å². The Hall–Kier alpha value is -0.160. The second-order valence-electron chi connectivity index (χ2n) is 4.72. The van der Waals surface area contributed by atoms with E-state index in [9.17, 15) is 0 Å². The largest absolute Gasteiger partial charge is 0.380 e. The molecule has 0 saturated heterocycles. The second kappa shape index (κ2) is 8.01. The third-order valence-electron chi connectivity index (χ3n) is 2.00. The number of hydrogen-bond acceptors (Lipinski definition) is 4. The van der Waals surface area contributed by atoms with Gasteiger partial charge in [-0.25, -0.2) is 0 Å². The summed E-state index contributed by atoms with van der Waals surface area (Å²) in [5.41, 5.74) is 5.65. The van der Waals surface area contributed by atoms with E-state index in [-0.39, 0.29) is 12.2 Å². The molecule has 0 radical (unpaired) electrons. The summed E-state index contributed by atoms with van der Waals surface area (Å²) in [6.45, 7) is 11.9. The average Bonchev–Trinajstić information content (AvgIpc) is 2.21. The standard InChI is InChI=1S/C12H27NO3/c1-6-14-7-12(13,8-15-10(2)3)9-16-11(4)5/h10-11H,6-9,13H2,1-5H3. The molecule has 0 aliphatic carbocycles. The van der Waals surface area contributed by atoms with Gasteiger partial charge in [0.15, 0.2) is 0 Å². The summed E-state index contributed by atoms with van der Waals surface area (Å²) in [6.07, 6.45) is 0.340. The maximum atomic E-state index is 6.21. The lowest BCUT2D eigenvalue weighted by Crippen LogP contribution is -2.53. The smallest absolute Gasteiger partial charge is 0.0865 e. The maximum absolute atomic E-state index is 6.21. The molecule has 0 spiro atoms. The number of nitrogens with two attached hydrogens (primary N) is 1. The number of ether oxygens (including phenoxy) is 3. The van der Waals surface area contributed by atoms with Crippen LogP contribution in [0.3, 0.4) is 0 Å². The molecule has 0 heterocycles. The van der Waals surface area contributed by atoms with Crippen LogP contribution in [0.5, 0.6) is 0 Å². The predicted molar refractivity (Wildman–Crippen MR) is 65.6 cm³/mol. The fourth-order valence-corrected chi connectivity index (χ4v) is 1.10. The highest BCUT2D eigenvalue weighted by Gasteiger charge is 2.27. The van der Waals surface area contributed by atoms with Crippen LogP contribution >= 0.6 is 0 Å². The van der Waals surface area contributed by atoms with Crippen molar-refractivity contribution in [2.75, 3.05) is 26.4 Å². The van der Waals surface area contributed by atoms with Gasteiger partial charge in [0.05, 0.1) is 37.6 Å². The molecule has 0 aromatic carbocycles. The lowest BCUT2D eigenvalue weighted by atomic mass is 10.1. The first kappa shape index (κ1) is 15.8. The molecular weight excluding hydrogens is 206 g/mol. The Kier molecular flexibility index (Phi) is 7.93. The molecule has 0 saturated carbocycles. The molecule has 0 fully saturated rings. The molecule has 0 rings (SSSR count). The van der Waals surface area contributed by atoms with E-state index >= 15 is 0 Å². The van der Waals surface area contributed by atoms with E-state index in [1.807, 2.05) is 34.6 Å². The van der Waals surface area contributed by atoms with Crippen molar-refractivity contribution in [3.63, 3.8) is 0 Å². The van der Waals surface area contributed by atoms with Crippen LogP contribution in [-0.4, -0.2) is 44.2 Å². The van der Waals surface area contributed by atoms with Crippen LogP contribution in [0.15, 0.2) is 0 Å². The van der Waals surface area contributed by atoms with E-state index in [4.69, 9.17) is 19.9 Å². The quantitative estimate of drug-likeness (QED) is 0.657. The Morgan fingerprint density at radius 3 is 1.69 bits per heavy atom. The third kappa shape index (κ3) is 8.05. The molecule has 4 nitrogen and oxygen atoms in total. The molecule has 4 heteroatoms. The van der Waals surface area contributed by atoms with Crippen molar-refractivity contribution in [2.24, 2.45) is 5.73 Å². The molecule has 0 aromatic rings. The van der Waals surface area contributed by atoms with Crippen LogP contribution in [-0.2, 0) is 14.2 Å². The number of rotatable bonds is 9. The van der Waals surface area contributed by atoms with E-state index in [0.717, 1.165) is 0 Å². The van der Waals surface area contributed by atoms with E-state index in [2.05, 4.69) is 0 Å². The fourth-order valence-electron chi connectivity index (χ4n) is 1.10. The molecule has 0 aliphatic heterocycles. The summed E-state index contributed by atoms with van der Waals surface area (Å²) < 4.78 is 16.5. The SMILES string of the molecule is CCOCC(N)(COC(C)C)COC(C)C. The Morgan fingerprint density at radius 2 is 1.38 bits per heavy atom. The summed E-state index contributed by atoms with van der Waals surface area (Å²) in [6, 6.07) is 0. The Morgan fingerprint density at radius 1 is 0.938 bits per heavy atom. The van der Waals surface area contributed by atoms with Crippen LogP contribution in [0.25, 0.3) is 0 Å². The molecule has 0 aromatic heterocycles. The van der Waals surface area contributed by atoms with Crippen LogP contribution in [0, 0.1) is 0 Å². The molecule has 16 heavy (non-hydrogen) atoms. The second-order valence-corrected chi connectivity index (χ2v) is 4.72. The molecule has 2 N–H and O–H groups in total. The van der Waals surface area contributed by atoms with Gasteiger partial charge in [-0.05, 0) is 34.6 Å². The van der Waals surface area contributed by atoms with Crippen LogP contribution < -0.4 is 5.73 Å². The first-order valence-corrected chi connectivity index (χ1v) is 5.99. The molecular formula is C12H27NO3. The summed E-state index contributed by atoms with van der Waals surface area (Å²) in [7, 11) is 0. The minimum absolute atomic E-state index is 0.170. The molecule has 0 bridgehead atoms. The van der Waals surface area contributed by atoms with Gasteiger partial charge in [-0.3, -0.25) is 0 Å². The summed E-state index contributed by atoms with van der Waals surface area (Å²) in [5.74, 6) is 0. The van der Waals surface area contributed by atoms with Gasteiger partial charge in [-0.15, -0.1) is 0 Å². The Balaban J connectivity index is 4.12. The lowest BCUT2D eigenvalue weighted by Gasteiger charge is -2.30. The van der Waals surface area contributed by atoms with E-state index in [0.29, 0.717) is 26.4 Å². The van der Waals surface area contributed by atoms with Gasteiger partial charge in [0.2, 0.25) is 0 Å². The number of hydrogen-bond donors (Lipinski definition) is 1. The Bertz CT molecular complexity index is 160. The van der Waals surface area contributed by atoms with Crippen molar-refractivity contribution in [2.45, 2.75) is 52.4 Å². The van der Waals surface area contributed by atoms with Gasteiger partial charge in [-0.1, -0.05) is 0 Å². The predicted octanol–water partition coefficient (Wildman–Crippen LogP) is 1.57. The van der Waals surface area contributed by atoms with Crippen molar-refractivity contribution in [1.82, 2.24) is 0 Å². The van der Waals surface area contributed by atoms with Gasteiger partial charge >= 0.3 is 0 Å². The highest BCUT2D eigenvalue weighted by molar-refractivity contribution is 4.84. The zero-order valence-corrected chi connectivity index (χ0v) is 11.3. The highest BCUT2D eigenvalue weighted by atomic mass is 16.5. The highest BCUT2D eigenvalue weighted by Crippen LogP contribution is 2.07. The lowest BCUT2D eigenvalue weighted by molar-refractivity contribution is -0.0476. The van der Waals surface area contributed by atoms with Crippen molar-refractivity contribution >= 4 is 0 Å². The molecule has 0 aliphatic rings. The summed E-state index contributed by atoms with van der Waals surface area (Å²) in [4.78, 5) is 0. The van der Waals surface area contributed by atoms with Crippen molar-refractivity contribution in [3.8, 4) is 0 Å². The fraction of sp³-hybridized carbons (Fsp3) is 1.00. The van der Waals surface area contributed by atoms with Crippen LogP contribution in [0.4, 0.5) is 0 Å². The van der Waals surface area contributed by atoms with Crippen LogP contribution in [0.1, 0.15) is 34.6 Å². The maximum Gasteiger partial charge on any atom is 0.0865 e. The van der Waals surface area contributed by atoms with Crippen molar-refractivity contribution < 1.29 is 14.2 Å². The molecule has 98 valence electrons. The van der Waals surface area contributed by atoms with Crippen LogP contribution in [0.2, 0.25) is 0 Å². The summed E-state index contributed by atoms with van der Waals surface area (Å²) in [5, 5.41) is 0. The molecule has 0 atom stereocenters. The van der Waals surface area contributed by atoms with Gasteiger partial charge in [0, 0.05) is 6.61 Å². The normalized spacial score (nSPS) is 12.8. The van der Waals surface area contributed by atoms with E-state index in [1.165, 1.54) is 0 Å². The zero-order valence-electron chi connectivity index (χ0n) is 11.3. The first-order chi connectivity index (χ1) is 7.39. The van der Waals surface area contributed by atoms with Gasteiger partial charge in [0.1, 0.15) is 0 Å². The first-order valence-electron chi connectivity index (χ1n) is 5.99. The van der Waals surface area contributed by atoms with E-state index in [1.54, 1.807) is 0 Å². The van der Waals surface area contributed by atoms with Gasteiger partial charge < -0.3 is 19.9 Å². The molecule has 0 unspecified atom stereocenters. The van der Waals surface area contributed by atoms with Crippen molar-refractivity contribution in [1.29, 1.82) is 0 Å². The topological polar surface area (TPSA) is 53.7 Å². The average molecular weight is 233 g/mol. The van der Waals surface area contributed by atoms with Gasteiger partial charge in [0.25, 0.3) is 0 Å². The minimum Gasteiger partial charge on any atom is -0.380 e. The third-order valence-corrected chi connectivity index (χ3v) is 2.00. The van der Waals surface area contributed by atoms with E-state index < -0.39 is 5.54 Å². The van der Waals surface area contributed by atoms with Crippen molar-refractivity contribution in [3.05, 3.63) is 0 Å². The molecule has 0 amide bonds. The minimum atomic E-state index is -0.551. The summed E-state index contributed by atoms with van der Waals surface area (Å²) >= 11 is 0. The Labute approximate surface area is 99.4 Å².